The lowest BCUT2D eigenvalue weighted by molar-refractivity contribution is -0.145. The molecule has 1 amide bonds. The molecule has 1 aliphatic rings. The Morgan fingerprint density at radius 2 is 1.95 bits per heavy atom. The quantitative estimate of drug-likeness (QED) is 0.758. The number of ether oxygens (including phenoxy) is 2. The molecular formula is C14H17NO4. The third-order valence-corrected chi connectivity index (χ3v) is 3.20. The molecule has 1 atom stereocenters. The third-order valence-electron chi connectivity index (χ3n) is 3.20. The molecule has 1 aromatic rings. The van der Waals surface area contributed by atoms with E-state index in [1.54, 1.807) is 38.1 Å². The maximum absolute atomic E-state index is 12.5. The smallest absolute Gasteiger partial charge is 0.331 e. The van der Waals surface area contributed by atoms with Crippen LogP contribution in [0.2, 0.25) is 0 Å². The molecule has 5 nitrogen and oxygen atoms in total. The van der Waals surface area contributed by atoms with Crippen LogP contribution in [0, 0.1) is 0 Å². The molecule has 1 fully saturated rings. The molecule has 0 radical (unpaired) electrons. The first-order valence-electron chi connectivity index (χ1n) is 6.08. The highest BCUT2D eigenvalue weighted by molar-refractivity contribution is 5.97. The Balaban J connectivity index is 2.33. The average molecular weight is 263 g/mol. The Labute approximate surface area is 112 Å². The lowest BCUT2D eigenvalue weighted by Gasteiger charge is -2.32. The van der Waals surface area contributed by atoms with Gasteiger partial charge in [0.2, 0.25) is 0 Å². The van der Waals surface area contributed by atoms with Crippen LogP contribution in [0.5, 0.6) is 0 Å². The first-order chi connectivity index (χ1) is 8.97. The second kappa shape index (κ2) is 5.01. The van der Waals surface area contributed by atoms with Crippen molar-refractivity contribution in [3.63, 3.8) is 0 Å². The van der Waals surface area contributed by atoms with Gasteiger partial charge in [-0.3, -0.25) is 9.69 Å². The van der Waals surface area contributed by atoms with Gasteiger partial charge in [0.05, 0.1) is 13.7 Å². The Morgan fingerprint density at radius 1 is 1.32 bits per heavy atom. The van der Waals surface area contributed by atoms with Gasteiger partial charge in [-0.05, 0) is 26.0 Å². The fourth-order valence-electron chi connectivity index (χ4n) is 2.22. The van der Waals surface area contributed by atoms with Crippen LogP contribution in [0.3, 0.4) is 0 Å². The summed E-state index contributed by atoms with van der Waals surface area (Å²) in [6.07, 6.45) is 0. The molecule has 0 N–H and O–H groups in total. The molecule has 1 aromatic carbocycles. The number of methoxy groups -OCH3 is 1. The van der Waals surface area contributed by atoms with E-state index in [4.69, 9.17) is 9.47 Å². The molecule has 0 spiro atoms. The Morgan fingerprint density at radius 3 is 2.53 bits per heavy atom. The van der Waals surface area contributed by atoms with Crippen molar-refractivity contribution in [2.75, 3.05) is 13.7 Å². The van der Waals surface area contributed by atoms with Gasteiger partial charge in [0.15, 0.2) is 6.04 Å². The van der Waals surface area contributed by atoms with Crippen molar-refractivity contribution in [2.24, 2.45) is 0 Å². The van der Waals surface area contributed by atoms with Crippen LogP contribution in [0.4, 0.5) is 0 Å². The number of hydrogen-bond donors (Lipinski definition) is 0. The second-order valence-corrected chi connectivity index (χ2v) is 4.84. The fraction of sp³-hybridized carbons (Fsp3) is 0.429. The van der Waals surface area contributed by atoms with Gasteiger partial charge in [0.25, 0.3) is 5.91 Å². The summed E-state index contributed by atoms with van der Waals surface area (Å²) in [4.78, 5) is 25.7. The van der Waals surface area contributed by atoms with Crippen molar-refractivity contribution in [3.8, 4) is 0 Å². The van der Waals surface area contributed by atoms with Gasteiger partial charge in [-0.2, -0.15) is 0 Å². The van der Waals surface area contributed by atoms with Crippen LogP contribution in [-0.2, 0) is 14.3 Å². The zero-order valence-corrected chi connectivity index (χ0v) is 11.3. The van der Waals surface area contributed by atoms with E-state index in [9.17, 15) is 9.59 Å². The largest absolute Gasteiger partial charge is 0.467 e. The number of rotatable bonds is 2. The van der Waals surface area contributed by atoms with E-state index in [0.29, 0.717) is 5.56 Å². The minimum Gasteiger partial charge on any atom is -0.467 e. The van der Waals surface area contributed by atoms with Crippen LogP contribution in [0.25, 0.3) is 0 Å². The molecule has 5 heteroatoms. The van der Waals surface area contributed by atoms with E-state index in [2.05, 4.69) is 0 Å². The number of esters is 1. The van der Waals surface area contributed by atoms with Crippen LogP contribution < -0.4 is 0 Å². The van der Waals surface area contributed by atoms with Gasteiger partial charge >= 0.3 is 5.97 Å². The number of benzene rings is 1. The van der Waals surface area contributed by atoms with Gasteiger partial charge < -0.3 is 9.47 Å². The van der Waals surface area contributed by atoms with E-state index < -0.39 is 17.7 Å². The highest BCUT2D eigenvalue weighted by atomic mass is 16.6. The van der Waals surface area contributed by atoms with Crippen LogP contribution >= 0.6 is 0 Å². The zero-order chi connectivity index (χ0) is 14.0. The molecule has 0 aromatic heterocycles. The highest BCUT2D eigenvalue weighted by Gasteiger charge is 2.47. The normalized spacial score (nSPS) is 21.2. The lowest BCUT2D eigenvalue weighted by atomic mass is 10.1. The summed E-state index contributed by atoms with van der Waals surface area (Å²) < 4.78 is 10.3. The van der Waals surface area contributed by atoms with Crippen molar-refractivity contribution in [3.05, 3.63) is 35.9 Å². The van der Waals surface area contributed by atoms with E-state index in [1.165, 1.54) is 12.0 Å². The standard InChI is InChI=1S/C14H17NO4/c1-14(2)15(11(9-19-14)13(17)18-3)12(16)10-7-5-4-6-8-10/h4-8,11H,9H2,1-3H3. The molecular weight excluding hydrogens is 246 g/mol. The molecule has 102 valence electrons. The summed E-state index contributed by atoms with van der Waals surface area (Å²) in [5.74, 6) is -0.701. The maximum Gasteiger partial charge on any atom is 0.331 e. The van der Waals surface area contributed by atoms with Gasteiger partial charge in [-0.25, -0.2) is 4.79 Å². The predicted molar refractivity (Wildman–Crippen MR) is 68.4 cm³/mol. The van der Waals surface area contributed by atoms with Crippen LogP contribution in [0.15, 0.2) is 30.3 Å². The number of nitrogens with zero attached hydrogens (tertiary/aromatic N) is 1. The molecule has 19 heavy (non-hydrogen) atoms. The Hall–Kier alpha value is -1.88. The SMILES string of the molecule is COC(=O)C1COC(C)(C)N1C(=O)c1ccccc1. The number of carbonyl (C=O) groups excluding carboxylic acids is 2. The first kappa shape index (κ1) is 13.5. The molecule has 0 saturated carbocycles. The third kappa shape index (κ3) is 2.46. The molecule has 1 unspecified atom stereocenters. The van der Waals surface area contributed by atoms with Gasteiger partial charge in [0.1, 0.15) is 5.72 Å². The van der Waals surface area contributed by atoms with E-state index >= 15 is 0 Å². The zero-order valence-electron chi connectivity index (χ0n) is 11.3. The van der Waals surface area contributed by atoms with Crippen molar-refractivity contribution in [1.82, 2.24) is 4.90 Å². The van der Waals surface area contributed by atoms with Crippen molar-refractivity contribution in [2.45, 2.75) is 25.6 Å². The molecule has 1 saturated heterocycles. The molecule has 1 heterocycles. The lowest BCUT2D eigenvalue weighted by Crippen LogP contribution is -2.50. The second-order valence-electron chi connectivity index (χ2n) is 4.84. The number of amides is 1. The van der Waals surface area contributed by atoms with E-state index in [0.717, 1.165) is 0 Å². The monoisotopic (exact) mass is 263 g/mol. The van der Waals surface area contributed by atoms with Crippen LogP contribution in [-0.4, -0.2) is 42.3 Å². The van der Waals surface area contributed by atoms with Crippen molar-refractivity contribution >= 4 is 11.9 Å². The number of carbonyl (C=O) groups is 2. The number of hydrogen-bond acceptors (Lipinski definition) is 4. The first-order valence-corrected chi connectivity index (χ1v) is 6.08. The van der Waals surface area contributed by atoms with Gasteiger partial charge in [0, 0.05) is 5.56 Å². The van der Waals surface area contributed by atoms with E-state index in [1.807, 2.05) is 6.07 Å². The Kier molecular flexibility index (Phi) is 3.57. The fourth-order valence-corrected chi connectivity index (χ4v) is 2.22. The molecule has 0 aliphatic carbocycles. The maximum atomic E-state index is 12.5. The average Bonchev–Trinajstić information content (AvgIpc) is 2.73. The summed E-state index contributed by atoms with van der Waals surface area (Å²) >= 11 is 0. The Bertz CT molecular complexity index is 483. The topological polar surface area (TPSA) is 55.8 Å². The summed E-state index contributed by atoms with van der Waals surface area (Å²) in [5.41, 5.74) is -0.304. The highest BCUT2D eigenvalue weighted by Crippen LogP contribution is 2.29. The van der Waals surface area contributed by atoms with Crippen LogP contribution in [0.1, 0.15) is 24.2 Å². The van der Waals surface area contributed by atoms with Gasteiger partial charge in [-0.1, -0.05) is 18.2 Å². The van der Waals surface area contributed by atoms with Gasteiger partial charge in [-0.15, -0.1) is 0 Å². The summed E-state index contributed by atoms with van der Waals surface area (Å²) in [7, 11) is 1.30. The minimum absolute atomic E-state index is 0.151. The predicted octanol–water partition coefficient (Wildman–Crippen LogP) is 1.44. The molecule has 1 aliphatic heterocycles. The van der Waals surface area contributed by atoms with E-state index in [-0.39, 0.29) is 12.5 Å². The van der Waals surface area contributed by atoms with Crippen molar-refractivity contribution < 1.29 is 19.1 Å². The molecule has 0 bridgehead atoms. The molecule has 2 rings (SSSR count). The van der Waals surface area contributed by atoms with Crippen molar-refractivity contribution in [1.29, 1.82) is 0 Å². The minimum atomic E-state index is -0.828. The summed E-state index contributed by atoms with van der Waals surface area (Å²) in [6, 6.07) is 8.12. The summed E-state index contributed by atoms with van der Waals surface area (Å²) in [5, 5.41) is 0. The summed E-state index contributed by atoms with van der Waals surface area (Å²) in [6.45, 7) is 3.67.